The molecule has 0 bridgehead atoms. The van der Waals surface area contributed by atoms with Gasteiger partial charge >= 0.3 is 0 Å². The number of nitrogens with zero attached hydrogens (tertiary/aromatic N) is 2. The van der Waals surface area contributed by atoms with Crippen LogP contribution in [0.3, 0.4) is 0 Å². The summed E-state index contributed by atoms with van der Waals surface area (Å²) in [5.74, 6) is 0.797. The second-order valence-electron chi connectivity index (χ2n) is 5.81. The highest BCUT2D eigenvalue weighted by Crippen LogP contribution is 2.42. The molecule has 0 saturated heterocycles. The molecule has 0 aliphatic carbocycles. The first-order valence-corrected chi connectivity index (χ1v) is 7.25. The maximum Gasteiger partial charge on any atom is 0.244 e. The molecule has 0 fully saturated rings. The molecule has 0 saturated carbocycles. The molecule has 1 aromatic carbocycles. The van der Waals surface area contributed by atoms with Gasteiger partial charge < -0.3 is 10.5 Å². The van der Waals surface area contributed by atoms with Crippen LogP contribution in [0.15, 0.2) is 35.7 Å². The minimum Gasteiger partial charge on any atom is -0.420 e. The van der Waals surface area contributed by atoms with Crippen LogP contribution in [0.1, 0.15) is 48.1 Å². The van der Waals surface area contributed by atoms with Gasteiger partial charge in [0.05, 0.1) is 5.92 Å². The van der Waals surface area contributed by atoms with Gasteiger partial charge in [0.1, 0.15) is 11.6 Å². The lowest BCUT2D eigenvalue weighted by Gasteiger charge is -2.23. The fourth-order valence-electron chi connectivity index (χ4n) is 2.81. The van der Waals surface area contributed by atoms with Gasteiger partial charge in [-0.05, 0) is 24.0 Å². The summed E-state index contributed by atoms with van der Waals surface area (Å²) < 4.78 is 5.46. The lowest BCUT2D eigenvalue weighted by molar-refractivity contribution is 0.379. The van der Waals surface area contributed by atoms with E-state index < -0.39 is 0 Å². The number of aromatic nitrogens is 2. The van der Waals surface area contributed by atoms with Crippen molar-refractivity contribution in [2.24, 2.45) is 5.73 Å². The Hall–Kier alpha value is -2.74. The summed E-state index contributed by atoms with van der Waals surface area (Å²) in [7, 11) is 0. The first-order chi connectivity index (χ1) is 10.5. The molecule has 0 unspecified atom stereocenters. The summed E-state index contributed by atoms with van der Waals surface area (Å²) in [6.07, 6.45) is 0. The van der Waals surface area contributed by atoms with Gasteiger partial charge in [0.15, 0.2) is 0 Å². The van der Waals surface area contributed by atoms with Crippen molar-refractivity contribution in [1.82, 2.24) is 10.2 Å². The quantitative estimate of drug-likeness (QED) is 0.891. The number of aryl methyl sites for hydroxylation is 1. The average Bonchev–Trinajstić information content (AvgIpc) is 2.87. The van der Waals surface area contributed by atoms with Crippen molar-refractivity contribution in [3.63, 3.8) is 0 Å². The Morgan fingerprint density at radius 1 is 1.32 bits per heavy atom. The molecule has 1 atom stereocenters. The topological polar surface area (TPSA) is 87.7 Å². The Morgan fingerprint density at radius 3 is 2.59 bits per heavy atom. The van der Waals surface area contributed by atoms with E-state index in [-0.39, 0.29) is 11.8 Å². The molecule has 112 valence electrons. The number of H-pyrrole nitrogens is 1. The highest BCUT2D eigenvalue weighted by atomic mass is 16.5. The summed E-state index contributed by atoms with van der Waals surface area (Å²) in [4.78, 5) is 0. The number of nitrogens with two attached hydrogens (primary N) is 1. The molecule has 0 spiro atoms. The molecule has 3 rings (SSSR count). The minimum absolute atomic E-state index is 0.124. The number of fused-ring (bicyclic) bond motifs is 1. The standard InChI is InChI=1S/C17H18N4O/c1-9(2)11-4-6-12(7-5-11)15-13(8-18)16(19)22-17-14(15)10(3)20-21-17/h4-7,9,15H,19H2,1-3H3,(H,20,21)/t15-/m1/s1. The monoisotopic (exact) mass is 294 g/mol. The van der Waals surface area contributed by atoms with E-state index in [4.69, 9.17) is 10.5 Å². The first kappa shape index (κ1) is 14.2. The van der Waals surface area contributed by atoms with E-state index in [9.17, 15) is 5.26 Å². The van der Waals surface area contributed by atoms with Gasteiger partial charge in [0.2, 0.25) is 11.8 Å². The maximum atomic E-state index is 9.49. The van der Waals surface area contributed by atoms with Crippen LogP contribution in [0, 0.1) is 18.3 Å². The molecule has 2 heterocycles. The van der Waals surface area contributed by atoms with E-state index in [0.717, 1.165) is 16.8 Å². The number of nitrogens with one attached hydrogen (secondary N) is 1. The molecule has 1 aromatic heterocycles. The van der Waals surface area contributed by atoms with Crippen molar-refractivity contribution >= 4 is 0 Å². The molecule has 0 amide bonds. The molecule has 5 nitrogen and oxygen atoms in total. The highest BCUT2D eigenvalue weighted by Gasteiger charge is 2.34. The van der Waals surface area contributed by atoms with E-state index in [2.05, 4.69) is 42.2 Å². The van der Waals surface area contributed by atoms with Crippen molar-refractivity contribution < 1.29 is 4.74 Å². The number of aromatic amines is 1. The lowest BCUT2D eigenvalue weighted by atomic mass is 9.83. The van der Waals surface area contributed by atoms with Crippen LogP contribution in [0.2, 0.25) is 0 Å². The van der Waals surface area contributed by atoms with Crippen LogP contribution < -0.4 is 10.5 Å². The first-order valence-electron chi connectivity index (χ1n) is 7.25. The van der Waals surface area contributed by atoms with Gasteiger partial charge in [-0.1, -0.05) is 38.1 Å². The number of hydrogen-bond donors (Lipinski definition) is 2. The second kappa shape index (κ2) is 5.23. The number of nitriles is 1. The van der Waals surface area contributed by atoms with E-state index in [1.54, 1.807) is 0 Å². The zero-order chi connectivity index (χ0) is 15.9. The molecule has 1 aliphatic rings. The fourth-order valence-corrected chi connectivity index (χ4v) is 2.81. The normalized spacial score (nSPS) is 17.1. The van der Waals surface area contributed by atoms with Crippen LogP contribution in [0.4, 0.5) is 0 Å². The third kappa shape index (κ3) is 2.13. The van der Waals surface area contributed by atoms with Gasteiger partial charge in [0.25, 0.3) is 0 Å². The molecular weight excluding hydrogens is 276 g/mol. The largest absolute Gasteiger partial charge is 0.420 e. The molecule has 22 heavy (non-hydrogen) atoms. The predicted octanol–water partition coefficient (Wildman–Crippen LogP) is 3.06. The minimum atomic E-state index is -0.242. The van der Waals surface area contributed by atoms with E-state index >= 15 is 0 Å². The highest BCUT2D eigenvalue weighted by molar-refractivity contribution is 5.55. The van der Waals surface area contributed by atoms with Crippen LogP contribution in [-0.4, -0.2) is 10.2 Å². The van der Waals surface area contributed by atoms with Gasteiger partial charge in [-0.15, -0.1) is 5.10 Å². The predicted molar refractivity (Wildman–Crippen MR) is 83.2 cm³/mol. The Balaban J connectivity index is 2.14. The average molecular weight is 294 g/mol. The van der Waals surface area contributed by atoms with Crippen LogP contribution in [0.5, 0.6) is 5.88 Å². The molecule has 1 aliphatic heterocycles. The molecule has 0 radical (unpaired) electrons. The number of ether oxygens (including phenoxy) is 1. The Kier molecular flexibility index (Phi) is 3.38. The van der Waals surface area contributed by atoms with Crippen molar-refractivity contribution in [1.29, 1.82) is 5.26 Å². The van der Waals surface area contributed by atoms with Crippen LogP contribution in [-0.2, 0) is 0 Å². The Morgan fingerprint density at radius 2 is 2.00 bits per heavy atom. The van der Waals surface area contributed by atoms with Crippen molar-refractivity contribution in [3.8, 4) is 11.9 Å². The van der Waals surface area contributed by atoms with E-state index in [1.165, 1.54) is 5.56 Å². The van der Waals surface area contributed by atoms with Gasteiger partial charge in [0, 0.05) is 11.3 Å². The number of rotatable bonds is 2. The molecular formula is C17H18N4O. The van der Waals surface area contributed by atoms with E-state index in [0.29, 0.717) is 17.4 Å². The lowest BCUT2D eigenvalue weighted by Crippen LogP contribution is -2.21. The summed E-state index contributed by atoms with van der Waals surface area (Å²) in [6, 6.07) is 10.5. The zero-order valence-corrected chi connectivity index (χ0v) is 12.8. The SMILES string of the molecule is Cc1[nH]nc2c1[C@H](c1ccc(C(C)C)cc1)C(C#N)=C(N)O2. The maximum absolute atomic E-state index is 9.49. The summed E-state index contributed by atoms with van der Waals surface area (Å²) >= 11 is 0. The molecule has 2 aromatic rings. The second-order valence-corrected chi connectivity index (χ2v) is 5.81. The Labute approximate surface area is 129 Å². The third-order valence-corrected chi connectivity index (χ3v) is 4.07. The number of hydrogen-bond acceptors (Lipinski definition) is 4. The zero-order valence-electron chi connectivity index (χ0n) is 12.8. The summed E-state index contributed by atoms with van der Waals surface area (Å²) in [6.45, 7) is 6.22. The number of allylic oxidation sites excluding steroid dienone is 1. The van der Waals surface area contributed by atoms with Crippen LogP contribution in [0.25, 0.3) is 0 Å². The third-order valence-electron chi connectivity index (χ3n) is 4.07. The smallest absolute Gasteiger partial charge is 0.244 e. The molecule has 5 heteroatoms. The Bertz CT molecular complexity index is 778. The summed E-state index contributed by atoms with van der Waals surface area (Å²) in [5, 5.41) is 16.5. The number of benzene rings is 1. The van der Waals surface area contributed by atoms with Crippen LogP contribution >= 0.6 is 0 Å². The van der Waals surface area contributed by atoms with Gasteiger partial charge in [-0.2, -0.15) is 5.26 Å². The van der Waals surface area contributed by atoms with Crippen molar-refractivity contribution in [3.05, 3.63) is 58.1 Å². The summed E-state index contributed by atoms with van der Waals surface area (Å²) in [5.41, 5.74) is 10.4. The van der Waals surface area contributed by atoms with E-state index in [1.807, 2.05) is 19.1 Å². The van der Waals surface area contributed by atoms with Gasteiger partial charge in [-0.3, -0.25) is 5.10 Å². The fraction of sp³-hybridized carbons (Fsp3) is 0.294. The van der Waals surface area contributed by atoms with Gasteiger partial charge in [-0.25, -0.2) is 0 Å². The van der Waals surface area contributed by atoms with Crippen molar-refractivity contribution in [2.75, 3.05) is 0 Å². The molecule has 3 N–H and O–H groups in total. The van der Waals surface area contributed by atoms with Crippen molar-refractivity contribution in [2.45, 2.75) is 32.6 Å².